The molecule has 0 bridgehead atoms. The van der Waals surface area contributed by atoms with E-state index in [0.717, 1.165) is 18.7 Å². The summed E-state index contributed by atoms with van der Waals surface area (Å²) in [7, 11) is 3.90. The van der Waals surface area contributed by atoms with Crippen LogP contribution in [0.5, 0.6) is 5.75 Å². The molecular weight excluding hydrogens is 431 g/mol. The number of aliphatic imine (C=N–C) groups is 1. The normalized spacial score (nSPS) is 14.8. The molecule has 0 unspecified atom stereocenters. The smallest absolute Gasteiger partial charge is 0.416 e. The molecule has 0 saturated carbocycles. The van der Waals surface area contributed by atoms with Gasteiger partial charge in [-0.15, -0.1) is 0 Å². The molecule has 1 heterocycles. The molecule has 33 heavy (non-hydrogen) atoms. The molecule has 0 radical (unpaired) electrons. The van der Waals surface area contributed by atoms with Gasteiger partial charge in [-0.2, -0.15) is 13.2 Å². The van der Waals surface area contributed by atoms with Crippen LogP contribution in [0.25, 0.3) is 0 Å². The highest BCUT2D eigenvalue weighted by Crippen LogP contribution is 2.38. The van der Waals surface area contributed by atoms with Gasteiger partial charge in [-0.1, -0.05) is 30.3 Å². The van der Waals surface area contributed by atoms with Gasteiger partial charge >= 0.3 is 6.18 Å². The monoisotopic (exact) mass is 453 g/mol. The topological polar surface area (TPSA) is 45.1 Å². The molecule has 1 aliphatic rings. The fourth-order valence-corrected chi connectivity index (χ4v) is 3.50. The van der Waals surface area contributed by atoms with Crippen LogP contribution in [0.4, 0.5) is 30.2 Å². The Balaban J connectivity index is 1.70. The summed E-state index contributed by atoms with van der Waals surface area (Å²) >= 11 is 0. The quantitative estimate of drug-likeness (QED) is 0.499. The minimum atomic E-state index is -4.49. The number of carbonyl (C=O) groups excluding carboxylic acids is 1. The maximum Gasteiger partial charge on any atom is 0.416 e. The lowest BCUT2D eigenvalue weighted by Crippen LogP contribution is -2.25. The van der Waals surface area contributed by atoms with Crippen LogP contribution in [0.3, 0.4) is 0 Å². The van der Waals surface area contributed by atoms with Crippen molar-refractivity contribution in [2.24, 2.45) is 4.99 Å². The van der Waals surface area contributed by atoms with E-state index in [0.29, 0.717) is 29.3 Å². The Hall–Kier alpha value is -3.65. The first-order valence-corrected chi connectivity index (χ1v) is 10.3. The summed E-state index contributed by atoms with van der Waals surface area (Å²) in [6.45, 7) is 1.23. The van der Waals surface area contributed by atoms with Gasteiger partial charge in [0.25, 0.3) is 5.91 Å². The molecule has 3 aromatic rings. The van der Waals surface area contributed by atoms with E-state index in [1.165, 1.54) is 17.0 Å². The molecular formula is C25H22F3N3O2. The first-order chi connectivity index (χ1) is 15.7. The number of carbonyl (C=O) groups is 1. The fraction of sp³-hybridized carbons (Fsp3) is 0.200. The van der Waals surface area contributed by atoms with E-state index in [1.807, 2.05) is 25.1 Å². The van der Waals surface area contributed by atoms with Crippen LogP contribution >= 0.6 is 0 Å². The second-order valence-electron chi connectivity index (χ2n) is 7.82. The van der Waals surface area contributed by atoms with Crippen molar-refractivity contribution >= 4 is 28.7 Å². The second-order valence-corrected chi connectivity index (χ2v) is 7.82. The molecule has 170 valence electrons. The SMILES string of the molecule is CN(C)CCOc1cccc(N2C(=O)C(=Nc3cccc(C(F)(F)F)c3)c3ccccc32)c1. The minimum Gasteiger partial charge on any atom is -0.492 e. The van der Waals surface area contributed by atoms with Crippen molar-refractivity contribution < 1.29 is 22.7 Å². The summed E-state index contributed by atoms with van der Waals surface area (Å²) in [6, 6.07) is 18.8. The first kappa shape index (κ1) is 22.5. The number of nitrogens with zero attached hydrogens (tertiary/aromatic N) is 3. The van der Waals surface area contributed by atoms with Crippen molar-refractivity contribution in [1.29, 1.82) is 0 Å². The van der Waals surface area contributed by atoms with Gasteiger partial charge in [0.15, 0.2) is 0 Å². The van der Waals surface area contributed by atoms with Crippen molar-refractivity contribution in [2.75, 3.05) is 32.1 Å². The number of ether oxygens (including phenoxy) is 1. The summed E-state index contributed by atoms with van der Waals surface area (Å²) in [5, 5.41) is 0. The van der Waals surface area contributed by atoms with Crippen LogP contribution in [0.1, 0.15) is 11.1 Å². The number of rotatable bonds is 6. The van der Waals surface area contributed by atoms with Crippen molar-refractivity contribution in [2.45, 2.75) is 6.18 Å². The lowest BCUT2D eigenvalue weighted by molar-refractivity contribution is -0.137. The van der Waals surface area contributed by atoms with E-state index < -0.39 is 17.6 Å². The third-order valence-corrected chi connectivity index (χ3v) is 5.10. The summed E-state index contributed by atoms with van der Waals surface area (Å²) in [5.74, 6) is 0.196. The van der Waals surface area contributed by atoms with Gasteiger partial charge in [-0.05, 0) is 50.5 Å². The van der Waals surface area contributed by atoms with Crippen LogP contribution in [-0.2, 0) is 11.0 Å². The van der Waals surface area contributed by atoms with Gasteiger partial charge in [-0.25, -0.2) is 4.99 Å². The maximum atomic E-state index is 13.4. The standard InChI is InChI=1S/C25H22F3N3O2/c1-30(2)13-14-33-20-10-6-9-19(16-20)31-22-12-4-3-11-21(22)23(24(31)32)29-18-8-5-7-17(15-18)25(26,27)28/h3-12,15-16H,13-14H2,1-2H3. The van der Waals surface area contributed by atoms with E-state index in [1.54, 1.807) is 42.5 Å². The zero-order valence-electron chi connectivity index (χ0n) is 18.1. The number of amides is 1. The number of para-hydroxylation sites is 1. The molecule has 0 spiro atoms. The second kappa shape index (κ2) is 9.07. The van der Waals surface area contributed by atoms with Gasteiger partial charge in [0.1, 0.15) is 18.1 Å². The zero-order chi connectivity index (χ0) is 23.6. The zero-order valence-corrected chi connectivity index (χ0v) is 18.1. The molecule has 0 aromatic heterocycles. The highest BCUT2D eigenvalue weighted by Gasteiger charge is 2.35. The predicted molar refractivity (Wildman–Crippen MR) is 122 cm³/mol. The molecule has 4 rings (SSSR count). The number of fused-ring (bicyclic) bond motifs is 1. The highest BCUT2D eigenvalue weighted by molar-refractivity contribution is 6.56. The molecule has 8 heteroatoms. The minimum absolute atomic E-state index is 0.0607. The van der Waals surface area contributed by atoms with Crippen molar-refractivity contribution in [3.63, 3.8) is 0 Å². The van der Waals surface area contributed by atoms with Gasteiger partial charge in [-0.3, -0.25) is 9.69 Å². The van der Waals surface area contributed by atoms with Crippen LogP contribution in [0, 0.1) is 0 Å². The highest BCUT2D eigenvalue weighted by atomic mass is 19.4. The Kier molecular flexibility index (Phi) is 6.20. The summed E-state index contributed by atoms with van der Waals surface area (Å²) in [6.07, 6.45) is -4.49. The van der Waals surface area contributed by atoms with E-state index >= 15 is 0 Å². The number of halogens is 3. The van der Waals surface area contributed by atoms with Crippen molar-refractivity contribution in [3.8, 4) is 5.75 Å². The van der Waals surface area contributed by atoms with Crippen LogP contribution in [0.15, 0.2) is 77.8 Å². The molecule has 0 aliphatic carbocycles. The Morgan fingerprint density at radius 1 is 0.970 bits per heavy atom. The summed E-state index contributed by atoms with van der Waals surface area (Å²) in [5.41, 5.74) is 1.08. The first-order valence-electron chi connectivity index (χ1n) is 10.3. The van der Waals surface area contributed by atoms with Crippen LogP contribution in [-0.4, -0.2) is 43.8 Å². The largest absolute Gasteiger partial charge is 0.492 e. The Morgan fingerprint density at radius 2 is 1.73 bits per heavy atom. The van der Waals surface area contributed by atoms with Crippen molar-refractivity contribution in [1.82, 2.24) is 4.90 Å². The molecule has 1 amide bonds. The van der Waals surface area contributed by atoms with E-state index in [-0.39, 0.29) is 11.4 Å². The lowest BCUT2D eigenvalue weighted by Gasteiger charge is -2.18. The number of likely N-dealkylation sites (N-methyl/N-ethyl adjacent to an activating group) is 1. The van der Waals surface area contributed by atoms with Gasteiger partial charge in [0, 0.05) is 18.2 Å². The number of hydrogen-bond acceptors (Lipinski definition) is 4. The Morgan fingerprint density at radius 3 is 2.48 bits per heavy atom. The van der Waals surface area contributed by atoms with E-state index in [2.05, 4.69) is 4.99 Å². The van der Waals surface area contributed by atoms with E-state index in [4.69, 9.17) is 4.74 Å². The Labute approximate surface area is 189 Å². The Bertz CT molecular complexity index is 1210. The molecule has 1 aliphatic heterocycles. The van der Waals surface area contributed by atoms with Gasteiger partial charge in [0.2, 0.25) is 0 Å². The lowest BCUT2D eigenvalue weighted by atomic mass is 10.1. The van der Waals surface area contributed by atoms with Crippen molar-refractivity contribution in [3.05, 3.63) is 83.9 Å². The molecule has 5 nitrogen and oxygen atoms in total. The molecule has 0 atom stereocenters. The summed E-state index contributed by atoms with van der Waals surface area (Å²) < 4.78 is 45.1. The third kappa shape index (κ3) is 4.90. The van der Waals surface area contributed by atoms with Crippen LogP contribution < -0.4 is 9.64 Å². The van der Waals surface area contributed by atoms with Gasteiger partial charge < -0.3 is 9.64 Å². The number of hydrogen-bond donors (Lipinski definition) is 0. The number of alkyl halides is 3. The summed E-state index contributed by atoms with van der Waals surface area (Å²) in [4.78, 5) is 21.2. The van der Waals surface area contributed by atoms with Crippen LogP contribution in [0.2, 0.25) is 0 Å². The molecule has 3 aromatic carbocycles. The molecule has 0 N–H and O–H groups in total. The van der Waals surface area contributed by atoms with E-state index in [9.17, 15) is 18.0 Å². The average molecular weight is 453 g/mol. The maximum absolute atomic E-state index is 13.4. The predicted octanol–water partition coefficient (Wildman–Crippen LogP) is 5.44. The molecule has 0 saturated heterocycles. The third-order valence-electron chi connectivity index (χ3n) is 5.10. The average Bonchev–Trinajstić information content (AvgIpc) is 3.05. The number of anilines is 2. The van der Waals surface area contributed by atoms with Gasteiger partial charge in [0.05, 0.1) is 22.6 Å². The fourth-order valence-electron chi connectivity index (χ4n) is 3.50. The number of benzene rings is 3. The molecule has 0 fully saturated rings.